The smallest absolute Gasteiger partial charge is 0.241 e. The van der Waals surface area contributed by atoms with Crippen molar-refractivity contribution in [1.29, 1.82) is 0 Å². The molecule has 6 nitrogen and oxygen atoms in total. The Bertz CT molecular complexity index is 978. The Hall–Kier alpha value is -2.45. The lowest BCUT2D eigenvalue weighted by Gasteiger charge is -2.30. The van der Waals surface area contributed by atoms with Crippen molar-refractivity contribution in [2.24, 2.45) is 5.92 Å². The number of hydrogen-bond acceptors (Lipinski definition) is 4. The summed E-state index contributed by atoms with van der Waals surface area (Å²) >= 11 is 0. The minimum atomic E-state index is -3.96. The van der Waals surface area contributed by atoms with Gasteiger partial charge in [-0.15, -0.1) is 0 Å². The Labute approximate surface area is 183 Å². The van der Waals surface area contributed by atoms with E-state index < -0.39 is 21.9 Å². The number of halogens is 1. The second-order valence-electron chi connectivity index (χ2n) is 8.04. The van der Waals surface area contributed by atoms with Crippen LogP contribution in [0.5, 0.6) is 5.75 Å². The molecular formula is C23H29FN2O4S. The second kappa shape index (κ2) is 10.2. The molecule has 0 saturated heterocycles. The number of ether oxygens (including phenoxy) is 1. The lowest BCUT2D eigenvalue weighted by molar-refractivity contribution is -0.122. The zero-order valence-corrected chi connectivity index (χ0v) is 18.6. The van der Waals surface area contributed by atoms with Crippen LogP contribution >= 0.6 is 0 Å². The number of amides is 1. The highest BCUT2D eigenvalue weighted by molar-refractivity contribution is 7.89. The molecule has 0 unspecified atom stereocenters. The maximum atomic E-state index is 13.2. The predicted molar refractivity (Wildman–Crippen MR) is 117 cm³/mol. The molecule has 2 aromatic rings. The van der Waals surface area contributed by atoms with E-state index in [9.17, 15) is 17.6 Å². The van der Waals surface area contributed by atoms with Gasteiger partial charge < -0.3 is 10.1 Å². The van der Waals surface area contributed by atoms with Crippen molar-refractivity contribution < 1.29 is 22.3 Å². The first-order valence-electron chi connectivity index (χ1n) is 10.5. The molecule has 168 valence electrons. The van der Waals surface area contributed by atoms with Gasteiger partial charge in [0.15, 0.2) is 0 Å². The highest BCUT2D eigenvalue weighted by Crippen LogP contribution is 2.26. The van der Waals surface area contributed by atoms with E-state index in [2.05, 4.69) is 17.0 Å². The van der Waals surface area contributed by atoms with Gasteiger partial charge in [-0.1, -0.05) is 31.9 Å². The van der Waals surface area contributed by atoms with Crippen LogP contribution in [-0.2, 0) is 14.8 Å². The Morgan fingerprint density at radius 3 is 2.35 bits per heavy atom. The van der Waals surface area contributed by atoms with Crippen LogP contribution in [0.4, 0.5) is 4.39 Å². The molecule has 0 bridgehead atoms. The van der Waals surface area contributed by atoms with Crippen molar-refractivity contribution in [3.05, 3.63) is 59.9 Å². The summed E-state index contributed by atoms with van der Waals surface area (Å²) in [6.07, 6.45) is 4.20. The van der Waals surface area contributed by atoms with E-state index in [0.29, 0.717) is 17.2 Å². The van der Waals surface area contributed by atoms with Crippen LogP contribution in [0.25, 0.3) is 0 Å². The van der Waals surface area contributed by atoms with E-state index >= 15 is 0 Å². The summed E-state index contributed by atoms with van der Waals surface area (Å²) in [6, 6.07) is 10.8. The molecule has 0 radical (unpaired) electrons. The van der Waals surface area contributed by atoms with Crippen molar-refractivity contribution in [3.8, 4) is 5.75 Å². The van der Waals surface area contributed by atoms with Crippen molar-refractivity contribution in [3.63, 3.8) is 0 Å². The fourth-order valence-corrected chi connectivity index (χ4v) is 5.14. The van der Waals surface area contributed by atoms with E-state index in [1.54, 1.807) is 31.4 Å². The number of carbonyl (C=O) groups is 1. The molecule has 1 aliphatic carbocycles. The summed E-state index contributed by atoms with van der Waals surface area (Å²) in [5.41, 5.74) is 0.637. The summed E-state index contributed by atoms with van der Waals surface area (Å²) in [5.74, 6) is 0.297. The van der Waals surface area contributed by atoms with Gasteiger partial charge in [-0.25, -0.2) is 17.5 Å². The topological polar surface area (TPSA) is 84.5 Å². The quantitative estimate of drug-likeness (QED) is 0.641. The fraction of sp³-hybridized carbons (Fsp3) is 0.435. The third-order valence-electron chi connectivity index (χ3n) is 5.79. The Kier molecular flexibility index (Phi) is 7.67. The molecular weight excluding hydrogens is 419 g/mol. The fourth-order valence-electron chi connectivity index (χ4n) is 3.91. The van der Waals surface area contributed by atoms with Crippen LogP contribution in [0.2, 0.25) is 0 Å². The summed E-state index contributed by atoms with van der Waals surface area (Å²) in [7, 11) is -2.41. The predicted octanol–water partition coefficient (Wildman–Crippen LogP) is 3.94. The van der Waals surface area contributed by atoms with Gasteiger partial charge in [0.25, 0.3) is 0 Å². The van der Waals surface area contributed by atoms with Crippen LogP contribution in [0.15, 0.2) is 53.4 Å². The zero-order valence-electron chi connectivity index (χ0n) is 17.8. The first kappa shape index (κ1) is 23.2. The van der Waals surface area contributed by atoms with E-state index in [1.165, 1.54) is 18.6 Å². The summed E-state index contributed by atoms with van der Waals surface area (Å²) in [6.45, 7) is 2.13. The molecule has 0 aromatic heterocycles. The molecule has 3 atom stereocenters. The van der Waals surface area contributed by atoms with Gasteiger partial charge in [0.05, 0.1) is 18.0 Å². The molecule has 1 saturated carbocycles. The van der Waals surface area contributed by atoms with Crippen LogP contribution in [0, 0.1) is 11.7 Å². The number of carbonyl (C=O) groups excluding carboxylic acids is 1. The van der Waals surface area contributed by atoms with Crippen LogP contribution in [0.3, 0.4) is 0 Å². The van der Waals surface area contributed by atoms with Gasteiger partial charge in [-0.05, 0) is 60.7 Å². The number of nitrogens with one attached hydrogen (secondary N) is 2. The van der Waals surface area contributed by atoms with Crippen LogP contribution in [-0.4, -0.2) is 27.5 Å². The monoisotopic (exact) mass is 448 g/mol. The molecule has 31 heavy (non-hydrogen) atoms. The van der Waals surface area contributed by atoms with E-state index in [0.717, 1.165) is 31.4 Å². The summed E-state index contributed by atoms with van der Waals surface area (Å²) < 4.78 is 46.8. The molecule has 3 rings (SSSR count). The maximum absolute atomic E-state index is 13.2. The van der Waals surface area contributed by atoms with Gasteiger partial charge >= 0.3 is 0 Å². The largest absolute Gasteiger partial charge is 0.497 e. The van der Waals surface area contributed by atoms with Gasteiger partial charge in [0, 0.05) is 12.5 Å². The summed E-state index contributed by atoms with van der Waals surface area (Å²) in [5, 5.41) is 3.08. The Morgan fingerprint density at radius 2 is 1.74 bits per heavy atom. The molecule has 0 spiro atoms. The van der Waals surface area contributed by atoms with Gasteiger partial charge in [-0.2, -0.15) is 0 Å². The van der Waals surface area contributed by atoms with Crippen LogP contribution < -0.4 is 14.8 Å². The average Bonchev–Trinajstić information content (AvgIpc) is 2.75. The van der Waals surface area contributed by atoms with E-state index in [4.69, 9.17) is 4.74 Å². The molecule has 2 aromatic carbocycles. The minimum absolute atomic E-state index is 0.0457. The average molecular weight is 449 g/mol. The van der Waals surface area contributed by atoms with Crippen molar-refractivity contribution >= 4 is 15.9 Å². The van der Waals surface area contributed by atoms with Gasteiger partial charge in [-0.3, -0.25) is 4.79 Å². The number of sulfonamides is 1. The van der Waals surface area contributed by atoms with E-state index in [1.807, 2.05) is 0 Å². The molecule has 8 heteroatoms. The Balaban J connectivity index is 1.80. The van der Waals surface area contributed by atoms with Gasteiger partial charge in [0.2, 0.25) is 15.9 Å². The second-order valence-corrected chi connectivity index (χ2v) is 9.75. The molecule has 1 aliphatic rings. The normalized spacial score (nSPS) is 20.1. The first-order valence-corrected chi connectivity index (χ1v) is 12.0. The number of rotatable bonds is 8. The Morgan fingerprint density at radius 1 is 1.10 bits per heavy atom. The SMILES string of the molecule is COc1ccc([C@H](CC(=O)N[C@@H]2CCCC[C@H]2C)NS(=O)(=O)c2ccc(F)cc2)cc1. The molecule has 0 heterocycles. The summed E-state index contributed by atoms with van der Waals surface area (Å²) in [4.78, 5) is 12.7. The number of methoxy groups -OCH3 is 1. The molecule has 1 fully saturated rings. The third-order valence-corrected chi connectivity index (χ3v) is 7.27. The van der Waals surface area contributed by atoms with Crippen molar-refractivity contribution in [1.82, 2.24) is 10.0 Å². The highest BCUT2D eigenvalue weighted by atomic mass is 32.2. The maximum Gasteiger partial charge on any atom is 0.241 e. The lowest BCUT2D eigenvalue weighted by atomic mass is 9.86. The number of benzene rings is 2. The first-order chi connectivity index (χ1) is 14.8. The van der Waals surface area contributed by atoms with E-state index in [-0.39, 0.29) is 23.3 Å². The standard InChI is InChI=1S/C23H29FN2O4S/c1-16-5-3-4-6-21(16)25-23(27)15-22(17-7-11-19(30-2)12-8-17)26-31(28,29)20-13-9-18(24)10-14-20/h7-14,16,21-22,26H,3-6,15H2,1-2H3,(H,25,27)/t16-,21-,22+/m1/s1. The molecule has 0 aliphatic heterocycles. The highest BCUT2D eigenvalue weighted by Gasteiger charge is 2.27. The number of hydrogen-bond donors (Lipinski definition) is 2. The minimum Gasteiger partial charge on any atom is -0.497 e. The van der Waals surface area contributed by atoms with Gasteiger partial charge in [0.1, 0.15) is 11.6 Å². The van der Waals surface area contributed by atoms with Crippen molar-refractivity contribution in [2.75, 3.05) is 7.11 Å². The van der Waals surface area contributed by atoms with Crippen LogP contribution in [0.1, 0.15) is 50.6 Å². The third kappa shape index (κ3) is 6.27. The lowest BCUT2D eigenvalue weighted by Crippen LogP contribution is -2.42. The van der Waals surface area contributed by atoms with Crippen molar-refractivity contribution in [2.45, 2.75) is 56.0 Å². The molecule has 1 amide bonds. The molecule has 2 N–H and O–H groups in total. The zero-order chi connectivity index (χ0) is 22.4.